The summed E-state index contributed by atoms with van der Waals surface area (Å²) in [4.78, 5) is 4.13. The molecule has 3 nitrogen and oxygen atoms in total. The molecule has 2 aromatic carbocycles. The largest absolute Gasteiger partial charge is 0.494 e. The molecule has 0 aliphatic carbocycles. The second-order valence-electron chi connectivity index (χ2n) is 4.87. The molecule has 0 atom stereocenters. The van der Waals surface area contributed by atoms with Gasteiger partial charge in [-0.1, -0.05) is 18.2 Å². The monoisotopic (exact) mass is 278 g/mol. The summed E-state index contributed by atoms with van der Waals surface area (Å²) in [6, 6.07) is 16.5. The van der Waals surface area contributed by atoms with Crippen molar-refractivity contribution in [2.24, 2.45) is 0 Å². The second kappa shape index (κ2) is 6.27. The molecule has 0 aliphatic heterocycles. The first kappa shape index (κ1) is 13.4. The lowest BCUT2D eigenvalue weighted by Crippen LogP contribution is -2.00. The third kappa shape index (κ3) is 3.31. The molecular formula is C18H18N2O. The SMILES string of the molecule is CCOc1cccc(NCc2ccc3cnccc3c2)c1. The van der Waals surface area contributed by atoms with Crippen molar-refractivity contribution < 1.29 is 4.74 Å². The maximum Gasteiger partial charge on any atom is 0.121 e. The Bertz CT molecular complexity index is 740. The maximum absolute atomic E-state index is 5.51. The number of rotatable bonds is 5. The van der Waals surface area contributed by atoms with E-state index in [1.165, 1.54) is 16.3 Å². The summed E-state index contributed by atoms with van der Waals surface area (Å²) >= 11 is 0. The third-order valence-corrected chi connectivity index (χ3v) is 3.35. The summed E-state index contributed by atoms with van der Waals surface area (Å²) in [5, 5.41) is 5.81. The van der Waals surface area contributed by atoms with Gasteiger partial charge in [-0.25, -0.2) is 0 Å². The van der Waals surface area contributed by atoms with E-state index in [0.717, 1.165) is 18.0 Å². The number of nitrogens with zero attached hydrogens (tertiary/aromatic N) is 1. The van der Waals surface area contributed by atoms with Crippen LogP contribution < -0.4 is 10.1 Å². The number of hydrogen-bond acceptors (Lipinski definition) is 3. The van der Waals surface area contributed by atoms with Crippen molar-refractivity contribution >= 4 is 16.5 Å². The Labute approximate surface area is 124 Å². The van der Waals surface area contributed by atoms with Gasteiger partial charge in [0.25, 0.3) is 0 Å². The number of aromatic nitrogens is 1. The summed E-state index contributed by atoms with van der Waals surface area (Å²) in [7, 11) is 0. The molecule has 106 valence electrons. The normalized spacial score (nSPS) is 10.5. The van der Waals surface area contributed by atoms with Crippen molar-refractivity contribution in [3.05, 3.63) is 66.5 Å². The molecule has 0 spiro atoms. The predicted molar refractivity (Wildman–Crippen MR) is 86.7 cm³/mol. The Hall–Kier alpha value is -2.55. The Balaban J connectivity index is 1.72. The number of hydrogen-bond donors (Lipinski definition) is 1. The minimum Gasteiger partial charge on any atom is -0.494 e. The van der Waals surface area contributed by atoms with Crippen LogP contribution in [0, 0.1) is 0 Å². The summed E-state index contributed by atoms with van der Waals surface area (Å²) in [5.41, 5.74) is 2.31. The van der Waals surface area contributed by atoms with Crippen LogP contribution in [0.15, 0.2) is 60.9 Å². The Morgan fingerprint density at radius 1 is 1.05 bits per heavy atom. The third-order valence-electron chi connectivity index (χ3n) is 3.35. The van der Waals surface area contributed by atoms with Crippen LogP contribution in [0.25, 0.3) is 10.8 Å². The molecule has 0 amide bonds. The lowest BCUT2D eigenvalue weighted by atomic mass is 10.1. The van der Waals surface area contributed by atoms with E-state index in [1.54, 1.807) is 0 Å². The Kier molecular flexibility index (Phi) is 4.01. The van der Waals surface area contributed by atoms with Gasteiger partial charge in [0, 0.05) is 36.1 Å². The first-order valence-electron chi connectivity index (χ1n) is 7.14. The molecule has 0 fully saturated rings. The van der Waals surface area contributed by atoms with Gasteiger partial charge in [0.05, 0.1) is 6.61 Å². The smallest absolute Gasteiger partial charge is 0.121 e. The highest BCUT2D eigenvalue weighted by Crippen LogP contribution is 2.19. The fourth-order valence-electron chi connectivity index (χ4n) is 2.31. The van der Waals surface area contributed by atoms with Crippen LogP contribution in [0.1, 0.15) is 12.5 Å². The first-order valence-corrected chi connectivity index (χ1v) is 7.14. The molecule has 0 unspecified atom stereocenters. The molecule has 1 N–H and O–H groups in total. The molecule has 3 heteroatoms. The Morgan fingerprint density at radius 2 is 2.00 bits per heavy atom. The molecule has 3 aromatic rings. The minimum atomic E-state index is 0.683. The van der Waals surface area contributed by atoms with E-state index in [4.69, 9.17) is 4.74 Å². The lowest BCUT2D eigenvalue weighted by molar-refractivity contribution is 0.340. The van der Waals surface area contributed by atoms with Crippen LogP contribution in [0.4, 0.5) is 5.69 Å². The van der Waals surface area contributed by atoms with Crippen molar-refractivity contribution in [3.8, 4) is 5.75 Å². The van der Waals surface area contributed by atoms with Crippen molar-refractivity contribution in [1.29, 1.82) is 0 Å². The fourth-order valence-corrected chi connectivity index (χ4v) is 2.31. The maximum atomic E-state index is 5.51. The number of nitrogens with one attached hydrogen (secondary N) is 1. The van der Waals surface area contributed by atoms with E-state index in [-0.39, 0.29) is 0 Å². The van der Waals surface area contributed by atoms with Crippen molar-refractivity contribution in [2.45, 2.75) is 13.5 Å². The quantitative estimate of drug-likeness (QED) is 0.757. The van der Waals surface area contributed by atoms with Gasteiger partial charge in [0.1, 0.15) is 5.75 Å². The van der Waals surface area contributed by atoms with Crippen LogP contribution in [0.5, 0.6) is 5.75 Å². The van der Waals surface area contributed by atoms with E-state index in [1.807, 2.05) is 49.6 Å². The molecular weight excluding hydrogens is 260 g/mol. The summed E-state index contributed by atoms with van der Waals surface area (Å²) in [5.74, 6) is 0.895. The number of anilines is 1. The molecule has 0 saturated carbocycles. The molecule has 0 aliphatic rings. The first-order chi connectivity index (χ1) is 10.3. The van der Waals surface area contributed by atoms with Gasteiger partial charge in [-0.3, -0.25) is 4.98 Å². The number of ether oxygens (including phenoxy) is 1. The highest BCUT2D eigenvalue weighted by atomic mass is 16.5. The topological polar surface area (TPSA) is 34.1 Å². The Morgan fingerprint density at radius 3 is 2.90 bits per heavy atom. The molecule has 21 heavy (non-hydrogen) atoms. The fraction of sp³-hybridized carbons (Fsp3) is 0.167. The van der Waals surface area contributed by atoms with Gasteiger partial charge in [-0.2, -0.15) is 0 Å². The van der Waals surface area contributed by atoms with E-state index in [2.05, 4.69) is 28.5 Å². The summed E-state index contributed by atoms with van der Waals surface area (Å²) < 4.78 is 5.51. The van der Waals surface area contributed by atoms with Crippen molar-refractivity contribution in [1.82, 2.24) is 4.98 Å². The van der Waals surface area contributed by atoms with E-state index in [9.17, 15) is 0 Å². The van der Waals surface area contributed by atoms with Gasteiger partial charge in [0.15, 0.2) is 0 Å². The number of benzene rings is 2. The summed E-state index contributed by atoms with van der Waals surface area (Å²) in [6.07, 6.45) is 3.71. The zero-order valence-corrected chi connectivity index (χ0v) is 12.0. The van der Waals surface area contributed by atoms with Gasteiger partial charge < -0.3 is 10.1 Å². The van der Waals surface area contributed by atoms with Gasteiger partial charge >= 0.3 is 0 Å². The van der Waals surface area contributed by atoms with Crippen molar-refractivity contribution in [3.63, 3.8) is 0 Å². The average Bonchev–Trinajstić information content (AvgIpc) is 2.53. The van der Waals surface area contributed by atoms with Gasteiger partial charge in [-0.15, -0.1) is 0 Å². The van der Waals surface area contributed by atoms with Crippen LogP contribution in [-0.4, -0.2) is 11.6 Å². The molecule has 1 heterocycles. The zero-order chi connectivity index (χ0) is 14.5. The van der Waals surface area contributed by atoms with Crippen LogP contribution in [0.2, 0.25) is 0 Å². The average molecular weight is 278 g/mol. The molecule has 0 radical (unpaired) electrons. The zero-order valence-electron chi connectivity index (χ0n) is 12.0. The summed E-state index contributed by atoms with van der Waals surface area (Å²) in [6.45, 7) is 3.46. The molecule has 0 saturated heterocycles. The predicted octanol–water partition coefficient (Wildman–Crippen LogP) is 4.25. The standard InChI is InChI=1S/C18H18N2O/c1-2-21-18-5-3-4-17(11-18)20-12-14-6-7-16-13-19-9-8-15(16)10-14/h3-11,13,20H,2,12H2,1H3. The lowest BCUT2D eigenvalue weighted by Gasteiger charge is -2.09. The van der Waals surface area contributed by atoms with Gasteiger partial charge in [0.2, 0.25) is 0 Å². The van der Waals surface area contributed by atoms with E-state index < -0.39 is 0 Å². The molecule has 1 aromatic heterocycles. The van der Waals surface area contributed by atoms with Crippen molar-refractivity contribution in [2.75, 3.05) is 11.9 Å². The molecule has 3 rings (SSSR count). The van der Waals surface area contributed by atoms with Crippen LogP contribution in [-0.2, 0) is 6.54 Å². The number of pyridine rings is 1. The van der Waals surface area contributed by atoms with Crippen LogP contribution >= 0.6 is 0 Å². The second-order valence-corrected chi connectivity index (χ2v) is 4.87. The number of fused-ring (bicyclic) bond motifs is 1. The van der Waals surface area contributed by atoms with E-state index >= 15 is 0 Å². The highest BCUT2D eigenvalue weighted by Gasteiger charge is 1.99. The van der Waals surface area contributed by atoms with Crippen LogP contribution in [0.3, 0.4) is 0 Å². The van der Waals surface area contributed by atoms with E-state index in [0.29, 0.717) is 6.61 Å². The highest BCUT2D eigenvalue weighted by molar-refractivity contribution is 5.82. The molecule has 0 bridgehead atoms. The minimum absolute atomic E-state index is 0.683. The van der Waals surface area contributed by atoms with Gasteiger partial charge in [-0.05, 0) is 42.1 Å².